The van der Waals surface area contributed by atoms with Crippen LogP contribution in [-0.2, 0) is 11.3 Å². The van der Waals surface area contributed by atoms with Gasteiger partial charge in [0, 0.05) is 23.7 Å². The first-order chi connectivity index (χ1) is 13.8. The first kappa shape index (κ1) is 18.7. The van der Waals surface area contributed by atoms with Crippen LogP contribution in [0.3, 0.4) is 0 Å². The molecule has 2 aromatic heterocycles. The molecule has 1 fully saturated rings. The zero-order chi connectivity index (χ0) is 19.3. The largest absolute Gasteiger partial charge is 0.497 e. The molecule has 0 radical (unpaired) electrons. The number of methoxy groups -OCH3 is 2. The molecule has 1 unspecified atom stereocenters. The Labute approximate surface area is 168 Å². The Kier molecular flexibility index (Phi) is 5.73. The number of thiazole rings is 1. The molecule has 0 saturated carbocycles. The Morgan fingerprint density at radius 2 is 2.21 bits per heavy atom. The average Bonchev–Trinajstić information content (AvgIpc) is 3.39. The zero-order valence-electron chi connectivity index (χ0n) is 16.0. The molecule has 0 amide bonds. The molecule has 4 rings (SSSR count). The van der Waals surface area contributed by atoms with Gasteiger partial charge in [-0.1, -0.05) is 0 Å². The molecule has 28 heavy (non-hydrogen) atoms. The monoisotopic (exact) mass is 397 g/mol. The van der Waals surface area contributed by atoms with E-state index in [1.165, 1.54) is 0 Å². The highest BCUT2D eigenvalue weighted by molar-refractivity contribution is 7.07. The summed E-state index contributed by atoms with van der Waals surface area (Å²) in [5.41, 5.74) is 2.84. The van der Waals surface area contributed by atoms with E-state index in [0.29, 0.717) is 0 Å². The predicted octanol–water partition coefficient (Wildman–Crippen LogP) is 4.04. The van der Waals surface area contributed by atoms with Gasteiger partial charge >= 0.3 is 0 Å². The molecule has 3 heterocycles. The van der Waals surface area contributed by atoms with Crippen molar-refractivity contribution in [1.82, 2.24) is 9.55 Å². The van der Waals surface area contributed by atoms with E-state index in [-0.39, 0.29) is 6.10 Å². The van der Waals surface area contributed by atoms with Gasteiger partial charge in [-0.25, -0.2) is 4.99 Å². The van der Waals surface area contributed by atoms with Crippen LogP contribution in [0.4, 0.5) is 5.69 Å². The van der Waals surface area contributed by atoms with Crippen molar-refractivity contribution >= 4 is 17.0 Å². The van der Waals surface area contributed by atoms with Crippen molar-refractivity contribution in [3.63, 3.8) is 0 Å². The topological polar surface area (TPSA) is 57.9 Å². The molecular formula is C21H23N3O3S. The lowest BCUT2D eigenvalue weighted by molar-refractivity contribution is 0.0968. The minimum absolute atomic E-state index is 0.192. The number of ether oxygens (including phenoxy) is 3. The van der Waals surface area contributed by atoms with Gasteiger partial charge < -0.3 is 18.8 Å². The lowest BCUT2D eigenvalue weighted by Crippen LogP contribution is -2.24. The fourth-order valence-corrected chi connectivity index (χ4v) is 4.28. The lowest BCUT2D eigenvalue weighted by Gasteiger charge is -2.16. The van der Waals surface area contributed by atoms with E-state index >= 15 is 0 Å². The third-order valence-corrected chi connectivity index (χ3v) is 5.62. The minimum Gasteiger partial charge on any atom is -0.497 e. The fourth-order valence-electron chi connectivity index (χ4n) is 3.35. The Bertz CT molecular complexity index is 992. The molecule has 146 valence electrons. The van der Waals surface area contributed by atoms with Crippen LogP contribution in [-0.4, -0.2) is 36.5 Å². The zero-order valence-corrected chi connectivity index (χ0v) is 16.8. The molecule has 1 aliphatic rings. The van der Waals surface area contributed by atoms with E-state index in [2.05, 4.69) is 14.9 Å². The SMILES string of the molecule is COc1ccc(OC)c(-c2csc(=Nc3cccnc3)n2CC2CCCO2)c1. The second-order valence-corrected chi connectivity index (χ2v) is 7.37. The van der Waals surface area contributed by atoms with E-state index in [1.54, 1.807) is 38.0 Å². The Morgan fingerprint density at radius 1 is 1.29 bits per heavy atom. The van der Waals surface area contributed by atoms with Gasteiger partial charge in [-0.2, -0.15) is 0 Å². The maximum absolute atomic E-state index is 5.90. The maximum atomic E-state index is 5.90. The maximum Gasteiger partial charge on any atom is 0.190 e. The molecule has 3 aromatic rings. The predicted molar refractivity (Wildman–Crippen MR) is 109 cm³/mol. The summed E-state index contributed by atoms with van der Waals surface area (Å²) in [6.45, 7) is 1.57. The highest BCUT2D eigenvalue weighted by Crippen LogP contribution is 2.34. The molecule has 0 spiro atoms. The number of benzene rings is 1. The van der Waals surface area contributed by atoms with Crippen LogP contribution < -0.4 is 14.3 Å². The van der Waals surface area contributed by atoms with Crippen molar-refractivity contribution in [3.8, 4) is 22.8 Å². The average molecular weight is 398 g/mol. The molecule has 6 nitrogen and oxygen atoms in total. The van der Waals surface area contributed by atoms with Gasteiger partial charge in [0.2, 0.25) is 0 Å². The third-order valence-electron chi connectivity index (χ3n) is 4.76. The number of hydrogen-bond acceptors (Lipinski definition) is 6. The van der Waals surface area contributed by atoms with Gasteiger partial charge in [-0.05, 0) is 43.2 Å². The number of hydrogen-bond donors (Lipinski definition) is 0. The van der Waals surface area contributed by atoms with Gasteiger partial charge in [0.15, 0.2) is 4.80 Å². The highest BCUT2D eigenvalue weighted by Gasteiger charge is 2.20. The number of nitrogens with zero attached hydrogens (tertiary/aromatic N) is 3. The van der Waals surface area contributed by atoms with Crippen LogP contribution >= 0.6 is 11.3 Å². The summed E-state index contributed by atoms with van der Waals surface area (Å²) < 4.78 is 19.2. The summed E-state index contributed by atoms with van der Waals surface area (Å²) in [6, 6.07) is 9.68. The highest BCUT2D eigenvalue weighted by atomic mass is 32.1. The van der Waals surface area contributed by atoms with Crippen molar-refractivity contribution in [3.05, 3.63) is 52.9 Å². The van der Waals surface area contributed by atoms with E-state index in [0.717, 1.165) is 59.2 Å². The summed E-state index contributed by atoms with van der Waals surface area (Å²) in [4.78, 5) is 9.89. The Balaban J connectivity index is 1.84. The van der Waals surface area contributed by atoms with Crippen LogP contribution in [0.5, 0.6) is 11.5 Å². The summed E-state index contributed by atoms with van der Waals surface area (Å²) in [6.07, 6.45) is 5.87. The standard InChI is InChI=1S/C21H23N3O3S/c1-25-16-7-8-20(26-2)18(11-16)19-14-28-21(23-15-5-3-9-22-12-15)24(19)13-17-6-4-10-27-17/h3,5,7-9,11-12,14,17H,4,6,10,13H2,1-2H3. The quantitative estimate of drug-likeness (QED) is 0.630. The van der Waals surface area contributed by atoms with Crippen LogP contribution in [0.1, 0.15) is 12.8 Å². The van der Waals surface area contributed by atoms with E-state index in [4.69, 9.17) is 19.2 Å². The van der Waals surface area contributed by atoms with Gasteiger partial charge in [0.25, 0.3) is 0 Å². The molecule has 1 aliphatic heterocycles. The smallest absolute Gasteiger partial charge is 0.190 e. The van der Waals surface area contributed by atoms with Crippen LogP contribution in [0.15, 0.2) is 53.1 Å². The Morgan fingerprint density at radius 3 is 2.93 bits per heavy atom. The molecule has 1 aromatic carbocycles. The Hall–Kier alpha value is -2.64. The number of aromatic nitrogens is 2. The van der Waals surface area contributed by atoms with Crippen LogP contribution in [0, 0.1) is 0 Å². The van der Waals surface area contributed by atoms with Crippen LogP contribution in [0.25, 0.3) is 11.3 Å². The summed E-state index contributed by atoms with van der Waals surface area (Å²) in [5, 5.41) is 2.11. The summed E-state index contributed by atoms with van der Waals surface area (Å²) in [7, 11) is 3.35. The molecule has 0 N–H and O–H groups in total. The summed E-state index contributed by atoms with van der Waals surface area (Å²) >= 11 is 1.60. The van der Waals surface area contributed by atoms with Gasteiger partial charge in [-0.3, -0.25) is 4.98 Å². The minimum atomic E-state index is 0.192. The van der Waals surface area contributed by atoms with E-state index < -0.39 is 0 Å². The summed E-state index contributed by atoms with van der Waals surface area (Å²) in [5.74, 6) is 1.59. The molecule has 1 saturated heterocycles. The molecular weight excluding hydrogens is 374 g/mol. The molecule has 0 bridgehead atoms. The first-order valence-corrected chi connectivity index (χ1v) is 10.1. The third kappa shape index (κ3) is 3.95. The second kappa shape index (κ2) is 8.58. The fraction of sp³-hybridized carbons (Fsp3) is 0.333. The lowest BCUT2D eigenvalue weighted by atomic mass is 10.1. The van der Waals surface area contributed by atoms with E-state index in [9.17, 15) is 0 Å². The normalized spacial score (nSPS) is 17.1. The van der Waals surface area contributed by atoms with Crippen molar-refractivity contribution in [2.45, 2.75) is 25.5 Å². The number of rotatable bonds is 6. The molecule has 7 heteroatoms. The van der Waals surface area contributed by atoms with Crippen molar-refractivity contribution in [1.29, 1.82) is 0 Å². The van der Waals surface area contributed by atoms with Crippen molar-refractivity contribution in [2.24, 2.45) is 4.99 Å². The van der Waals surface area contributed by atoms with Gasteiger partial charge in [0.05, 0.1) is 44.4 Å². The first-order valence-electron chi connectivity index (χ1n) is 9.25. The van der Waals surface area contributed by atoms with E-state index in [1.807, 2.05) is 30.3 Å². The number of pyridine rings is 1. The molecule has 1 atom stereocenters. The van der Waals surface area contributed by atoms with Gasteiger partial charge in [-0.15, -0.1) is 11.3 Å². The second-order valence-electron chi connectivity index (χ2n) is 6.54. The van der Waals surface area contributed by atoms with Gasteiger partial charge in [0.1, 0.15) is 11.5 Å². The van der Waals surface area contributed by atoms with Crippen molar-refractivity contribution < 1.29 is 14.2 Å². The van der Waals surface area contributed by atoms with Crippen molar-refractivity contribution in [2.75, 3.05) is 20.8 Å². The van der Waals surface area contributed by atoms with Crippen LogP contribution in [0.2, 0.25) is 0 Å². The molecule has 0 aliphatic carbocycles.